The maximum Gasteiger partial charge on any atom is 0.269 e. The smallest absolute Gasteiger partial charge is 0.269 e. The number of aromatic nitrogens is 4. The van der Waals surface area contributed by atoms with E-state index in [0.717, 1.165) is 30.0 Å². The molecule has 0 fully saturated rings. The van der Waals surface area contributed by atoms with Crippen molar-refractivity contribution in [2.75, 3.05) is 11.9 Å². The van der Waals surface area contributed by atoms with Crippen molar-refractivity contribution in [1.29, 1.82) is 0 Å². The third-order valence-electron chi connectivity index (χ3n) is 3.29. The van der Waals surface area contributed by atoms with Gasteiger partial charge in [0.1, 0.15) is 0 Å². The van der Waals surface area contributed by atoms with Crippen molar-refractivity contribution in [3.8, 4) is 0 Å². The van der Waals surface area contributed by atoms with Gasteiger partial charge in [0.25, 0.3) is 5.56 Å². The number of rotatable bonds is 6. The average molecular weight is 289 g/mol. The van der Waals surface area contributed by atoms with Crippen LogP contribution in [-0.2, 0) is 20.0 Å². The molecule has 0 saturated carbocycles. The predicted octanol–water partition coefficient (Wildman–Crippen LogP) is 1.66. The topological polar surface area (TPSA) is 64.7 Å². The van der Waals surface area contributed by atoms with Gasteiger partial charge in [0, 0.05) is 19.7 Å². The highest BCUT2D eigenvalue weighted by Crippen LogP contribution is 2.06. The lowest BCUT2D eigenvalue weighted by Gasteiger charge is -2.09. The minimum absolute atomic E-state index is 0.108. The number of nitrogens with one attached hydrogen (secondary N) is 1. The molecule has 0 aromatic carbocycles. The summed E-state index contributed by atoms with van der Waals surface area (Å²) in [6.45, 7) is 7.57. The predicted molar refractivity (Wildman–Crippen MR) is 83.5 cm³/mol. The molecule has 0 bridgehead atoms. The van der Waals surface area contributed by atoms with Gasteiger partial charge in [-0.1, -0.05) is 20.8 Å². The van der Waals surface area contributed by atoms with Gasteiger partial charge >= 0.3 is 0 Å². The Kier molecular flexibility index (Phi) is 4.77. The van der Waals surface area contributed by atoms with Crippen LogP contribution < -0.4 is 10.9 Å². The molecule has 0 atom stereocenters. The Morgan fingerprint density at radius 2 is 2.10 bits per heavy atom. The molecule has 0 radical (unpaired) electrons. The largest absolute Gasteiger partial charge is 0.383 e. The molecule has 2 rings (SSSR count). The van der Waals surface area contributed by atoms with Crippen LogP contribution in [0.15, 0.2) is 23.1 Å². The molecule has 0 spiro atoms. The fourth-order valence-electron chi connectivity index (χ4n) is 2.02. The van der Waals surface area contributed by atoms with Crippen molar-refractivity contribution < 1.29 is 0 Å². The summed E-state index contributed by atoms with van der Waals surface area (Å²) >= 11 is 0. The standard InChI is InChI=1S/C15H23N5O/c1-5-12-6-14(19(4)18-12)10-20-15(21)7-13(9-17-20)16-8-11(2)3/h6-7,9,11,16H,5,8,10H2,1-4H3. The monoisotopic (exact) mass is 289 g/mol. The van der Waals surface area contributed by atoms with Gasteiger partial charge in [-0.15, -0.1) is 0 Å². The first kappa shape index (κ1) is 15.3. The van der Waals surface area contributed by atoms with Crippen molar-refractivity contribution in [3.05, 3.63) is 40.1 Å². The van der Waals surface area contributed by atoms with Gasteiger partial charge in [0.05, 0.1) is 29.8 Å². The summed E-state index contributed by atoms with van der Waals surface area (Å²) in [4.78, 5) is 12.1. The summed E-state index contributed by atoms with van der Waals surface area (Å²) in [6, 6.07) is 3.60. The number of aryl methyl sites for hydroxylation is 2. The number of anilines is 1. The summed E-state index contributed by atoms with van der Waals surface area (Å²) in [5.74, 6) is 0.523. The van der Waals surface area contributed by atoms with Crippen molar-refractivity contribution in [3.63, 3.8) is 0 Å². The maximum absolute atomic E-state index is 12.1. The van der Waals surface area contributed by atoms with Crippen LogP contribution in [-0.4, -0.2) is 26.1 Å². The number of hydrogen-bond acceptors (Lipinski definition) is 4. The Bertz CT molecular complexity index is 656. The van der Waals surface area contributed by atoms with Crippen LogP contribution >= 0.6 is 0 Å². The molecule has 2 heterocycles. The van der Waals surface area contributed by atoms with Gasteiger partial charge in [-0.05, 0) is 18.4 Å². The summed E-state index contributed by atoms with van der Waals surface area (Å²) in [6.07, 6.45) is 2.58. The lowest BCUT2D eigenvalue weighted by atomic mass is 10.2. The Labute approximate surface area is 124 Å². The van der Waals surface area contributed by atoms with E-state index < -0.39 is 0 Å². The molecule has 0 unspecified atom stereocenters. The van der Waals surface area contributed by atoms with E-state index in [4.69, 9.17) is 0 Å². The third-order valence-corrected chi connectivity index (χ3v) is 3.29. The van der Waals surface area contributed by atoms with Crippen molar-refractivity contribution in [2.45, 2.75) is 33.7 Å². The highest BCUT2D eigenvalue weighted by molar-refractivity contribution is 5.38. The quantitative estimate of drug-likeness (QED) is 0.878. The second-order valence-corrected chi connectivity index (χ2v) is 5.62. The van der Waals surface area contributed by atoms with Gasteiger partial charge in [0.2, 0.25) is 0 Å². The van der Waals surface area contributed by atoms with E-state index in [-0.39, 0.29) is 5.56 Å². The molecular weight excluding hydrogens is 266 g/mol. The Morgan fingerprint density at radius 3 is 2.67 bits per heavy atom. The maximum atomic E-state index is 12.1. The first-order valence-electron chi connectivity index (χ1n) is 7.32. The van der Waals surface area contributed by atoms with Gasteiger partial charge < -0.3 is 5.32 Å². The second kappa shape index (κ2) is 6.56. The average Bonchev–Trinajstić information content (AvgIpc) is 2.80. The molecule has 114 valence electrons. The molecule has 0 saturated heterocycles. The van der Waals surface area contributed by atoms with E-state index in [9.17, 15) is 4.79 Å². The van der Waals surface area contributed by atoms with Crippen LogP contribution in [0.25, 0.3) is 0 Å². The fraction of sp³-hybridized carbons (Fsp3) is 0.533. The molecular formula is C15H23N5O. The molecule has 0 amide bonds. The normalized spacial score (nSPS) is 11.1. The van der Waals surface area contributed by atoms with Gasteiger partial charge in [-0.25, -0.2) is 4.68 Å². The number of hydrogen-bond donors (Lipinski definition) is 1. The highest BCUT2D eigenvalue weighted by atomic mass is 16.1. The lowest BCUT2D eigenvalue weighted by molar-refractivity contribution is 0.590. The van der Waals surface area contributed by atoms with Crippen LogP contribution in [0, 0.1) is 5.92 Å². The van der Waals surface area contributed by atoms with Crippen molar-refractivity contribution in [2.24, 2.45) is 13.0 Å². The first-order chi connectivity index (χ1) is 9.99. The molecule has 6 heteroatoms. The van der Waals surface area contributed by atoms with Gasteiger partial charge in [-0.3, -0.25) is 9.48 Å². The van der Waals surface area contributed by atoms with Crippen LogP contribution in [0.1, 0.15) is 32.2 Å². The SMILES string of the molecule is CCc1cc(Cn2ncc(NCC(C)C)cc2=O)n(C)n1. The zero-order valence-electron chi connectivity index (χ0n) is 13.1. The van der Waals surface area contributed by atoms with Gasteiger partial charge in [-0.2, -0.15) is 10.2 Å². The van der Waals surface area contributed by atoms with E-state index in [1.165, 1.54) is 4.68 Å². The Morgan fingerprint density at radius 1 is 1.33 bits per heavy atom. The zero-order valence-corrected chi connectivity index (χ0v) is 13.1. The van der Waals surface area contributed by atoms with E-state index >= 15 is 0 Å². The molecule has 21 heavy (non-hydrogen) atoms. The fourth-order valence-corrected chi connectivity index (χ4v) is 2.02. The molecule has 1 N–H and O–H groups in total. The Balaban J connectivity index is 2.13. The molecule has 6 nitrogen and oxygen atoms in total. The summed E-state index contributed by atoms with van der Waals surface area (Å²) < 4.78 is 3.26. The van der Waals surface area contributed by atoms with E-state index in [1.54, 1.807) is 16.9 Å². The van der Waals surface area contributed by atoms with Crippen LogP contribution in [0.3, 0.4) is 0 Å². The molecule has 0 aliphatic rings. The Hall–Kier alpha value is -2.11. The minimum atomic E-state index is -0.108. The molecule has 2 aromatic heterocycles. The van der Waals surface area contributed by atoms with E-state index in [1.807, 2.05) is 13.1 Å². The molecule has 0 aliphatic carbocycles. The molecule has 0 aliphatic heterocycles. The minimum Gasteiger partial charge on any atom is -0.383 e. The molecule has 2 aromatic rings. The van der Waals surface area contributed by atoms with Gasteiger partial charge in [0.15, 0.2) is 0 Å². The van der Waals surface area contributed by atoms with Crippen LogP contribution in [0.5, 0.6) is 0 Å². The van der Waals surface area contributed by atoms with Crippen LogP contribution in [0.2, 0.25) is 0 Å². The van der Waals surface area contributed by atoms with E-state index in [2.05, 4.69) is 36.3 Å². The highest BCUT2D eigenvalue weighted by Gasteiger charge is 2.07. The summed E-state index contributed by atoms with van der Waals surface area (Å²) in [5.41, 5.74) is 2.66. The summed E-state index contributed by atoms with van der Waals surface area (Å²) in [7, 11) is 1.89. The zero-order chi connectivity index (χ0) is 15.4. The second-order valence-electron chi connectivity index (χ2n) is 5.62. The summed E-state index contributed by atoms with van der Waals surface area (Å²) in [5, 5.41) is 11.8. The first-order valence-corrected chi connectivity index (χ1v) is 7.32. The van der Waals surface area contributed by atoms with Crippen LogP contribution in [0.4, 0.5) is 5.69 Å². The van der Waals surface area contributed by atoms with Crippen molar-refractivity contribution in [1.82, 2.24) is 19.6 Å². The van der Waals surface area contributed by atoms with E-state index in [0.29, 0.717) is 12.5 Å². The third kappa shape index (κ3) is 3.93. The lowest BCUT2D eigenvalue weighted by Crippen LogP contribution is -2.24. The van der Waals surface area contributed by atoms with Crippen molar-refractivity contribution >= 4 is 5.69 Å². The number of nitrogens with zero attached hydrogens (tertiary/aromatic N) is 4.